The summed E-state index contributed by atoms with van der Waals surface area (Å²) in [6.45, 7) is 4.64. The molecule has 0 aliphatic heterocycles. The van der Waals surface area contributed by atoms with Crippen molar-refractivity contribution in [3.05, 3.63) is 278 Å². The lowest BCUT2D eigenvalue weighted by molar-refractivity contribution is 1.50. The fourth-order valence-corrected chi connectivity index (χ4v) is 19.6. The zero-order valence-corrected chi connectivity index (χ0v) is 40.8. The van der Waals surface area contributed by atoms with Crippen LogP contribution in [0.3, 0.4) is 0 Å². The Kier molecular flexibility index (Phi) is 13.7. The van der Waals surface area contributed by atoms with Gasteiger partial charge in [0.1, 0.15) is 0 Å². The number of hydrogen-bond acceptors (Lipinski definition) is 0. The van der Waals surface area contributed by atoms with Gasteiger partial charge in [-0.05, 0) is 131 Å². The average Bonchev–Trinajstić information content (AvgIpc) is 3.37. The molecule has 0 N–H and O–H groups in total. The van der Waals surface area contributed by atoms with Crippen LogP contribution in [0.25, 0.3) is 11.1 Å². The van der Waals surface area contributed by atoms with Gasteiger partial charge < -0.3 is 0 Å². The normalized spacial score (nSPS) is 11.4. The molecule has 0 heterocycles. The molecule has 10 rings (SSSR count). The summed E-state index contributed by atoms with van der Waals surface area (Å²) < 4.78 is 0. The van der Waals surface area contributed by atoms with Crippen molar-refractivity contribution in [1.82, 2.24) is 0 Å². The van der Waals surface area contributed by atoms with Crippen LogP contribution in [-0.2, 0) is 0 Å². The summed E-state index contributed by atoms with van der Waals surface area (Å²) >= 11 is 0. The summed E-state index contributed by atoms with van der Waals surface area (Å²) in [7, 11) is -4.19. The second kappa shape index (κ2) is 20.6. The fourth-order valence-electron chi connectivity index (χ4n) is 9.04. The highest BCUT2D eigenvalue weighted by molar-refractivity contribution is 7.83. The predicted molar refractivity (Wildman–Crippen MR) is 296 cm³/mol. The summed E-state index contributed by atoms with van der Waals surface area (Å²) in [6, 6.07) is 101. The van der Waals surface area contributed by atoms with Gasteiger partial charge in [0, 0.05) is 0 Å². The molecule has 0 amide bonds. The van der Waals surface area contributed by atoms with Crippen LogP contribution in [0.2, 0.25) is 0 Å². The highest BCUT2D eigenvalue weighted by Crippen LogP contribution is 2.47. The molecule has 0 aromatic heterocycles. The van der Waals surface area contributed by atoms with Crippen molar-refractivity contribution in [2.75, 3.05) is 0 Å². The smallest absolute Gasteiger partial charge is 0.000314 e. The zero-order chi connectivity index (χ0) is 44.7. The maximum atomic E-state index is 2.56. The Balaban J connectivity index is 1.45. The van der Waals surface area contributed by atoms with Crippen molar-refractivity contribution in [2.24, 2.45) is 0 Å². The van der Waals surface area contributed by atoms with Gasteiger partial charge in [-0.1, -0.05) is 267 Å². The Morgan fingerprint density at radius 3 is 0.470 bits per heavy atom. The van der Waals surface area contributed by atoms with E-state index in [1.54, 1.807) is 0 Å². The molecule has 4 heteroatoms. The molecule has 0 spiro atoms. The van der Waals surface area contributed by atoms with Crippen LogP contribution < -0.4 is 63.7 Å². The first kappa shape index (κ1) is 43.8. The van der Waals surface area contributed by atoms with E-state index in [1.165, 1.54) is 85.9 Å². The number of rotatable bonds is 13. The SMILES string of the molecule is Cc1cc(P(c2ccccc2)c2ccccc2)c(-c2c(P(c3ccccc3)c3ccccc3)cc(C)cc2P(c2ccccc2)c2ccccc2)c(P(c2ccccc2)c2ccccc2)c1. The van der Waals surface area contributed by atoms with Crippen LogP contribution in [0.5, 0.6) is 0 Å². The average molecular weight is 919 g/mol. The molecule has 0 saturated carbocycles. The quantitative estimate of drug-likeness (QED) is 0.101. The Labute approximate surface area is 396 Å². The summed E-state index contributed by atoms with van der Waals surface area (Å²) in [6.07, 6.45) is 0. The van der Waals surface area contributed by atoms with E-state index in [9.17, 15) is 0 Å². The van der Waals surface area contributed by atoms with E-state index in [4.69, 9.17) is 0 Å². The van der Waals surface area contributed by atoms with Gasteiger partial charge in [-0.2, -0.15) is 0 Å². The minimum atomic E-state index is -1.05. The van der Waals surface area contributed by atoms with Gasteiger partial charge >= 0.3 is 0 Å². The van der Waals surface area contributed by atoms with Crippen LogP contribution in [0.1, 0.15) is 11.1 Å². The lowest BCUT2D eigenvalue weighted by Gasteiger charge is -2.34. The number of benzene rings is 10. The first-order valence-electron chi connectivity index (χ1n) is 22.5. The molecule has 0 nitrogen and oxygen atoms in total. The predicted octanol–water partition coefficient (Wildman–Crippen LogP) is 11.0. The second-order valence-corrected chi connectivity index (χ2v) is 25.1. The molecule has 0 unspecified atom stereocenters. The van der Waals surface area contributed by atoms with Gasteiger partial charge in [0.05, 0.1) is 0 Å². The van der Waals surface area contributed by atoms with E-state index in [0.29, 0.717) is 0 Å². The van der Waals surface area contributed by atoms with Gasteiger partial charge in [0.2, 0.25) is 0 Å². The Hall–Kier alpha value is -6.08. The summed E-state index contributed by atoms with van der Waals surface area (Å²) in [5, 5.41) is 16.4. The molecular formula is C62H50P4. The van der Waals surface area contributed by atoms with Gasteiger partial charge in [0.15, 0.2) is 0 Å². The highest BCUT2D eigenvalue weighted by atomic mass is 31.1. The van der Waals surface area contributed by atoms with E-state index in [1.807, 2.05) is 0 Å². The Morgan fingerprint density at radius 2 is 0.333 bits per heavy atom. The fraction of sp³-hybridized carbons (Fsp3) is 0.0323. The number of hydrogen-bond donors (Lipinski definition) is 0. The molecule has 0 atom stereocenters. The van der Waals surface area contributed by atoms with Crippen molar-refractivity contribution >= 4 is 95.3 Å². The van der Waals surface area contributed by atoms with Gasteiger partial charge in [-0.3, -0.25) is 0 Å². The molecule has 66 heavy (non-hydrogen) atoms. The van der Waals surface area contributed by atoms with Crippen molar-refractivity contribution in [3.8, 4) is 11.1 Å². The van der Waals surface area contributed by atoms with Gasteiger partial charge in [-0.25, -0.2) is 0 Å². The van der Waals surface area contributed by atoms with Crippen LogP contribution >= 0.6 is 31.7 Å². The largest absolute Gasteiger partial charge is 0.0622 e. The molecule has 0 aliphatic rings. The van der Waals surface area contributed by atoms with E-state index < -0.39 is 31.7 Å². The summed E-state index contributed by atoms with van der Waals surface area (Å²) in [5.41, 5.74) is 5.31. The monoisotopic (exact) mass is 918 g/mol. The van der Waals surface area contributed by atoms with Crippen molar-refractivity contribution in [2.45, 2.75) is 13.8 Å². The first-order chi connectivity index (χ1) is 32.6. The van der Waals surface area contributed by atoms with Crippen LogP contribution in [0.15, 0.2) is 267 Å². The van der Waals surface area contributed by atoms with Crippen molar-refractivity contribution < 1.29 is 0 Å². The molecule has 0 radical (unpaired) electrons. The maximum absolute atomic E-state index is 2.56. The van der Waals surface area contributed by atoms with E-state index in [-0.39, 0.29) is 0 Å². The Morgan fingerprint density at radius 1 is 0.197 bits per heavy atom. The first-order valence-corrected chi connectivity index (χ1v) is 27.9. The minimum absolute atomic E-state index is 1.05. The third kappa shape index (κ3) is 9.32. The topological polar surface area (TPSA) is 0 Å². The van der Waals surface area contributed by atoms with Crippen molar-refractivity contribution in [3.63, 3.8) is 0 Å². The molecule has 0 aliphatic carbocycles. The van der Waals surface area contributed by atoms with Crippen LogP contribution in [0, 0.1) is 13.8 Å². The Bertz CT molecular complexity index is 2550. The standard InChI is InChI=1S/C62H50P4/c1-47-43-57(63(49-27-11-3-12-28-49)50-29-13-4-14-30-50)61(58(44-47)64(51-31-15-5-16-32-51)52-33-17-6-18-34-52)62-59(65(53-35-19-7-20-36-53)54-37-21-8-22-38-54)45-48(2)46-60(62)66(55-39-23-9-24-40-55)56-41-25-10-26-42-56/h3-46H,1-2H3. The molecule has 0 fully saturated rings. The summed E-state index contributed by atoms with van der Waals surface area (Å²) in [4.78, 5) is 0. The lowest BCUT2D eigenvalue weighted by Crippen LogP contribution is -2.36. The third-order valence-electron chi connectivity index (χ3n) is 11.8. The molecule has 0 saturated heterocycles. The van der Waals surface area contributed by atoms with E-state index in [2.05, 4.69) is 281 Å². The van der Waals surface area contributed by atoms with Crippen LogP contribution in [-0.4, -0.2) is 0 Å². The minimum Gasteiger partial charge on any atom is -0.0622 e. The maximum Gasteiger partial charge on any atom is -0.000314 e. The lowest BCUT2D eigenvalue weighted by atomic mass is 10.0. The third-order valence-corrected chi connectivity index (χ3v) is 21.7. The molecule has 318 valence electrons. The highest BCUT2D eigenvalue weighted by Gasteiger charge is 2.34. The van der Waals surface area contributed by atoms with E-state index >= 15 is 0 Å². The van der Waals surface area contributed by atoms with Gasteiger partial charge in [-0.15, -0.1) is 0 Å². The van der Waals surface area contributed by atoms with Crippen LogP contribution in [0.4, 0.5) is 0 Å². The molecular weight excluding hydrogens is 869 g/mol. The summed E-state index contributed by atoms with van der Waals surface area (Å²) in [5.74, 6) is 0. The second-order valence-electron chi connectivity index (χ2n) is 16.4. The number of aryl methyl sites for hydroxylation is 2. The zero-order valence-electron chi connectivity index (χ0n) is 37.2. The molecule has 0 bridgehead atoms. The van der Waals surface area contributed by atoms with Gasteiger partial charge in [0.25, 0.3) is 0 Å². The molecule has 10 aromatic carbocycles. The molecule has 10 aromatic rings. The van der Waals surface area contributed by atoms with Crippen molar-refractivity contribution in [1.29, 1.82) is 0 Å². The van der Waals surface area contributed by atoms with E-state index in [0.717, 1.165) is 0 Å².